The van der Waals surface area contributed by atoms with Crippen molar-refractivity contribution < 1.29 is 4.84 Å². The second-order valence-electron chi connectivity index (χ2n) is 4.80. The highest BCUT2D eigenvalue weighted by Gasteiger charge is 2.13. The molecular formula is C17H13NOS. The molecule has 3 heteroatoms. The van der Waals surface area contributed by atoms with Crippen LogP contribution in [0.3, 0.4) is 0 Å². The van der Waals surface area contributed by atoms with Crippen molar-refractivity contribution in [1.29, 1.82) is 0 Å². The largest absolute Gasteiger partial charge is 0.382 e. The zero-order chi connectivity index (χ0) is 13.4. The third kappa shape index (κ3) is 2.00. The normalized spacial score (nSPS) is 13.4. The molecule has 3 aromatic rings. The van der Waals surface area contributed by atoms with Crippen molar-refractivity contribution in [3.05, 3.63) is 66.2 Å². The number of anilines is 1. The number of nitrogens with one attached hydrogen (secondary N) is 1. The van der Waals surface area contributed by atoms with E-state index in [1.807, 2.05) is 23.9 Å². The molecule has 0 saturated carbocycles. The van der Waals surface area contributed by atoms with Crippen molar-refractivity contribution in [2.75, 3.05) is 5.48 Å². The Labute approximate surface area is 121 Å². The molecule has 0 amide bonds. The van der Waals surface area contributed by atoms with E-state index in [-0.39, 0.29) is 0 Å². The quantitative estimate of drug-likeness (QED) is 0.635. The van der Waals surface area contributed by atoms with Crippen molar-refractivity contribution >= 4 is 28.2 Å². The van der Waals surface area contributed by atoms with Crippen LogP contribution in [0.15, 0.2) is 65.6 Å². The van der Waals surface area contributed by atoms with E-state index in [4.69, 9.17) is 4.84 Å². The lowest BCUT2D eigenvalue weighted by molar-refractivity contribution is 0.400. The Morgan fingerprint density at radius 1 is 0.900 bits per heavy atom. The molecule has 2 nitrogen and oxygen atoms in total. The molecule has 3 aromatic carbocycles. The fourth-order valence-corrected chi connectivity index (χ4v) is 3.39. The molecule has 0 radical (unpaired) electrons. The highest BCUT2D eigenvalue weighted by Crippen LogP contribution is 2.37. The van der Waals surface area contributed by atoms with Crippen LogP contribution in [0.5, 0.6) is 5.75 Å². The number of benzene rings is 3. The van der Waals surface area contributed by atoms with Crippen LogP contribution in [0.25, 0.3) is 10.8 Å². The molecule has 0 fully saturated rings. The summed E-state index contributed by atoms with van der Waals surface area (Å²) in [6.45, 7) is 0. The Bertz CT molecular complexity index is 719. The number of para-hydroxylation sites is 1. The first-order valence-corrected chi connectivity index (χ1v) is 7.55. The van der Waals surface area contributed by atoms with Crippen LogP contribution < -0.4 is 10.3 Å². The number of fused-ring (bicyclic) bond motifs is 3. The lowest BCUT2D eigenvalue weighted by Gasteiger charge is -2.19. The molecule has 20 heavy (non-hydrogen) atoms. The van der Waals surface area contributed by atoms with E-state index in [0.717, 1.165) is 17.2 Å². The molecule has 0 atom stereocenters. The second kappa shape index (κ2) is 4.76. The fourth-order valence-electron chi connectivity index (χ4n) is 2.42. The third-order valence-electron chi connectivity index (χ3n) is 3.47. The molecule has 0 aliphatic carbocycles. The molecule has 0 unspecified atom stereocenters. The summed E-state index contributed by atoms with van der Waals surface area (Å²) < 4.78 is 0. The standard InChI is InChI=1S/C17H13NOS/c1-2-6-13-10-16-14(9-12(13)5-1)11-20-17-8-4-3-7-15(17)18-19-16/h1-10,18H,11H2. The van der Waals surface area contributed by atoms with E-state index in [2.05, 4.69) is 54.0 Å². The van der Waals surface area contributed by atoms with E-state index in [1.165, 1.54) is 21.2 Å². The first-order chi connectivity index (χ1) is 9.90. The van der Waals surface area contributed by atoms with Crippen molar-refractivity contribution in [1.82, 2.24) is 0 Å². The summed E-state index contributed by atoms with van der Waals surface area (Å²) in [6.07, 6.45) is 0. The average molecular weight is 279 g/mol. The number of hydrogen-bond acceptors (Lipinski definition) is 3. The van der Waals surface area contributed by atoms with Crippen LogP contribution in [0.4, 0.5) is 5.69 Å². The van der Waals surface area contributed by atoms with E-state index in [0.29, 0.717) is 0 Å². The Hall–Kier alpha value is -2.13. The van der Waals surface area contributed by atoms with Gasteiger partial charge in [-0.25, -0.2) is 5.48 Å². The zero-order valence-electron chi connectivity index (χ0n) is 10.8. The molecule has 1 aliphatic heterocycles. The Morgan fingerprint density at radius 3 is 2.55 bits per heavy atom. The number of thioether (sulfide) groups is 1. The van der Waals surface area contributed by atoms with Gasteiger partial charge in [-0.15, -0.1) is 11.8 Å². The smallest absolute Gasteiger partial charge is 0.159 e. The van der Waals surface area contributed by atoms with Crippen LogP contribution >= 0.6 is 11.8 Å². The molecule has 0 bridgehead atoms. The summed E-state index contributed by atoms with van der Waals surface area (Å²) in [4.78, 5) is 7.01. The fraction of sp³-hybridized carbons (Fsp3) is 0.0588. The van der Waals surface area contributed by atoms with Gasteiger partial charge in [-0.3, -0.25) is 0 Å². The lowest BCUT2D eigenvalue weighted by atomic mass is 10.1. The van der Waals surface area contributed by atoms with Gasteiger partial charge in [0.1, 0.15) is 0 Å². The monoisotopic (exact) mass is 279 g/mol. The summed E-state index contributed by atoms with van der Waals surface area (Å²) >= 11 is 1.83. The molecule has 0 aromatic heterocycles. The van der Waals surface area contributed by atoms with Gasteiger partial charge in [-0.2, -0.15) is 0 Å². The summed E-state index contributed by atoms with van der Waals surface area (Å²) in [6, 6.07) is 20.9. The van der Waals surface area contributed by atoms with Gasteiger partial charge >= 0.3 is 0 Å². The highest BCUT2D eigenvalue weighted by molar-refractivity contribution is 7.98. The van der Waals surface area contributed by atoms with E-state index < -0.39 is 0 Å². The Kier molecular flexibility index (Phi) is 2.78. The van der Waals surface area contributed by atoms with Crippen LogP contribution in [0.1, 0.15) is 5.56 Å². The topological polar surface area (TPSA) is 21.3 Å². The molecule has 0 spiro atoms. The molecule has 0 saturated heterocycles. The van der Waals surface area contributed by atoms with Gasteiger partial charge < -0.3 is 4.84 Å². The predicted octanol–water partition coefficient (Wildman–Crippen LogP) is 4.85. The van der Waals surface area contributed by atoms with Gasteiger partial charge in [0.05, 0.1) is 5.69 Å². The molecule has 1 N–H and O–H groups in total. The minimum absolute atomic E-state index is 0.908. The minimum atomic E-state index is 0.908. The van der Waals surface area contributed by atoms with Crippen LogP contribution in [-0.4, -0.2) is 0 Å². The molecule has 1 aliphatic rings. The first-order valence-electron chi connectivity index (χ1n) is 6.56. The maximum atomic E-state index is 5.80. The molecule has 98 valence electrons. The van der Waals surface area contributed by atoms with Crippen molar-refractivity contribution in [3.63, 3.8) is 0 Å². The average Bonchev–Trinajstić information content (AvgIpc) is 2.49. The van der Waals surface area contributed by atoms with Gasteiger partial charge in [-0.1, -0.05) is 36.4 Å². The zero-order valence-corrected chi connectivity index (χ0v) is 11.6. The van der Waals surface area contributed by atoms with E-state index >= 15 is 0 Å². The van der Waals surface area contributed by atoms with Crippen molar-refractivity contribution in [2.45, 2.75) is 10.6 Å². The number of rotatable bonds is 0. The van der Waals surface area contributed by atoms with Gasteiger partial charge in [0.25, 0.3) is 0 Å². The van der Waals surface area contributed by atoms with Gasteiger partial charge in [-0.05, 0) is 35.0 Å². The van der Waals surface area contributed by atoms with Gasteiger partial charge in [0.2, 0.25) is 0 Å². The van der Waals surface area contributed by atoms with E-state index in [9.17, 15) is 0 Å². The number of hydrogen-bond donors (Lipinski definition) is 1. The third-order valence-corrected chi connectivity index (χ3v) is 4.59. The summed E-state index contributed by atoms with van der Waals surface area (Å²) in [5.41, 5.74) is 5.31. The van der Waals surface area contributed by atoms with Gasteiger partial charge in [0, 0.05) is 16.2 Å². The molecule has 1 heterocycles. The Morgan fingerprint density at radius 2 is 1.65 bits per heavy atom. The van der Waals surface area contributed by atoms with Gasteiger partial charge in [0.15, 0.2) is 5.75 Å². The maximum absolute atomic E-state index is 5.80. The van der Waals surface area contributed by atoms with Crippen molar-refractivity contribution in [3.8, 4) is 5.75 Å². The summed E-state index contributed by atoms with van der Waals surface area (Å²) in [5.74, 6) is 1.82. The lowest BCUT2D eigenvalue weighted by Crippen LogP contribution is -2.09. The van der Waals surface area contributed by atoms with Crippen LogP contribution in [-0.2, 0) is 5.75 Å². The van der Waals surface area contributed by atoms with Crippen molar-refractivity contribution in [2.24, 2.45) is 0 Å². The molecular weight excluding hydrogens is 266 g/mol. The SMILES string of the molecule is c1ccc2c(c1)NOc1cc3ccccc3cc1CS2. The summed E-state index contributed by atoms with van der Waals surface area (Å²) in [5, 5.41) is 2.45. The summed E-state index contributed by atoms with van der Waals surface area (Å²) in [7, 11) is 0. The highest BCUT2D eigenvalue weighted by atomic mass is 32.2. The van der Waals surface area contributed by atoms with Crippen LogP contribution in [0, 0.1) is 0 Å². The Balaban J connectivity index is 1.79. The molecule has 4 rings (SSSR count). The minimum Gasteiger partial charge on any atom is -0.382 e. The first kappa shape index (κ1) is 11.7. The predicted molar refractivity (Wildman–Crippen MR) is 84.2 cm³/mol. The van der Waals surface area contributed by atoms with Crippen LogP contribution in [0.2, 0.25) is 0 Å². The second-order valence-corrected chi connectivity index (χ2v) is 5.81. The van der Waals surface area contributed by atoms with E-state index in [1.54, 1.807) is 0 Å². The maximum Gasteiger partial charge on any atom is 0.159 e.